The Morgan fingerprint density at radius 1 is 1.57 bits per heavy atom. The highest BCUT2D eigenvalue weighted by atomic mass is 19.1. The highest BCUT2D eigenvalue weighted by Crippen LogP contribution is 1.87. The Kier molecular flexibility index (Phi) is 1.98. The third kappa shape index (κ3) is 5.07. The van der Waals surface area contributed by atoms with Crippen LogP contribution in [0.5, 0.6) is 0 Å². The van der Waals surface area contributed by atoms with E-state index in [1.807, 2.05) is 0 Å². The molecule has 0 fully saturated rings. The first-order valence-electron chi connectivity index (χ1n) is 1.38. The molecule has 0 saturated heterocycles. The van der Waals surface area contributed by atoms with Gasteiger partial charge in [-0.15, -0.1) is 0 Å². The predicted molar refractivity (Wildman–Crippen MR) is 17.9 cm³/mol. The van der Waals surface area contributed by atoms with Crippen molar-refractivity contribution in [3.63, 3.8) is 0 Å². The predicted octanol–water partition coefficient (Wildman–Crippen LogP) is 0.851. The van der Waals surface area contributed by atoms with Gasteiger partial charge in [0.15, 0.2) is 0 Å². The second-order valence-corrected chi connectivity index (χ2v) is 0.771. The van der Waals surface area contributed by atoms with Crippen molar-refractivity contribution in [2.24, 2.45) is 0 Å². The number of hydrogen-bond donors (Lipinski definition) is 1. The number of carbonyl (C=O) groups excluding carboxylic acids is 1. The summed E-state index contributed by atoms with van der Waals surface area (Å²) in [7, 11) is 0. The molecule has 0 amide bonds. The van der Waals surface area contributed by atoms with Gasteiger partial charge in [-0.3, -0.25) is 4.79 Å². The topological polar surface area (TPSA) is 37.3 Å². The molecule has 0 unspecified atom stereocenters. The number of rotatable bonds is 1. The van der Waals surface area contributed by atoms with Crippen molar-refractivity contribution < 1.29 is 18.7 Å². The highest BCUT2D eigenvalue weighted by Gasteiger charge is 1.92. The first kappa shape index (κ1) is 6.07. The molecule has 0 aliphatic carbocycles. The number of hydrogen-bond acceptors (Lipinski definition) is 2. The monoisotopic (exact) mass is 108 g/mol. The fourth-order valence-electron chi connectivity index (χ4n) is 0.0936. The summed E-state index contributed by atoms with van der Waals surface area (Å²) in [6.07, 6.45) is -0.167. The molecule has 4 heteroatoms. The normalized spacial score (nSPS) is 11.4. The highest BCUT2D eigenvalue weighted by molar-refractivity contribution is 5.80. The molecule has 7 heavy (non-hydrogen) atoms. The molecule has 0 aliphatic heterocycles. The summed E-state index contributed by atoms with van der Waals surface area (Å²) < 4.78 is 21.7. The van der Waals surface area contributed by atoms with Crippen molar-refractivity contribution >= 4 is 6.04 Å². The number of aliphatic hydroxyl groups excluding tert-OH is 1. The summed E-state index contributed by atoms with van der Waals surface area (Å²) in [5.74, 6) is 0. The van der Waals surface area contributed by atoms with Gasteiger partial charge in [-0.1, -0.05) is 0 Å². The maximum atomic E-state index is 10.9. The third-order valence-corrected chi connectivity index (χ3v) is 0.233. The van der Waals surface area contributed by atoms with Crippen LogP contribution in [0.1, 0.15) is 0 Å². The van der Waals surface area contributed by atoms with E-state index >= 15 is 0 Å². The lowest BCUT2D eigenvalue weighted by molar-refractivity contribution is -0.124. The summed E-state index contributed by atoms with van der Waals surface area (Å²) in [6.45, 7) is 0. The van der Waals surface area contributed by atoms with Gasteiger partial charge in [0, 0.05) is 0 Å². The molecule has 2 nitrogen and oxygen atoms in total. The largest absolute Gasteiger partial charge is 0.486 e. The van der Waals surface area contributed by atoms with Crippen LogP contribution in [-0.2, 0) is 4.79 Å². The smallest absolute Gasteiger partial charge is 0.331 e. The molecule has 40 valence electrons. The van der Waals surface area contributed by atoms with E-state index < -0.39 is 12.0 Å². The standard InChI is InChI=1S/C3H2F2O2/c4-2(6)1-3(5)7/h1,6H/b2-1+. The van der Waals surface area contributed by atoms with Crippen molar-refractivity contribution in [1.82, 2.24) is 0 Å². The second kappa shape index (κ2) is 2.28. The van der Waals surface area contributed by atoms with Crippen molar-refractivity contribution in [2.75, 3.05) is 0 Å². The van der Waals surface area contributed by atoms with E-state index in [1.54, 1.807) is 0 Å². The number of carbonyl (C=O) groups is 1. The maximum Gasteiger partial charge on any atom is 0.331 e. The minimum atomic E-state index is -2.00. The van der Waals surface area contributed by atoms with Crippen LogP contribution >= 0.6 is 0 Å². The van der Waals surface area contributed by atoms with Gasteiger partial charge in [-0.2, -0.15) is 8.78 Å². The Labute approximate surface area is 38.1 Å². The molecule has 0 rings (SSSR count). The summed E-state index contributed by atoms with van der Waals surface area (Å²) in [5.41, 5.74) is 0. The van der Waals surface area contributed by atoms with Crippen molar-refractivity contribution in [2.45, 2.75) is 0 Å². The van der Waals surface area contributed by atoms with Crippen LogP contribution in [-0.4, -0.2) is 11.1 Å². The molecule has 0 aromatic carbocycles. The lowest BCUT2D eigenvalue weighted by Crippen LogP contribution is -1.79. The van der Waals surface area contributed by atoms with Gasteiger partial charge in [-0.05, 0) is 0 Å². The van der Waals surface area contributed by atoms with Gasteiger partial charge in [0.2, 0.25) is 0 Å². The zero-order chi connectivity index (χ0) is 5.86. The van der Waals surface area contributed by atoms with Crippen LogP contribution in [0, 0.1) is 0 Å². The molecule has 0 saturated carbocycles. The van der Waals surface area contributed by atoms with Crippen LogP contribution < -0.4 is 0 Å². The second-order valence-electron chi connectivity index (χ2n) is 0.771. The van der Waals surface area contributed by atoms with Gasteiger partial charge in [-0.25, -0.2) is 0 Å². The first-order valence-corrected chi connectivity index (χ1v) is 1.38. The lowest BCUT2D eigenvalue weighted by atomic mass is 10.7. The third-order valence-electron chi connectivity index (χ3n) is 0.233. The van der Waals surface area contributed by atoms with Gasteiger partial charge >= 0.3 is 6.04 Å². The minimum absolute atomic E-state index is 0.167. The van der Waals surface area contributed by atoms with E-state index in [1.165, 1.54) is 0 Å². The molecule has 0 aliphatic rings. The molecular formula is C3H2F2O2. The van der Waals surface area contributed by atoms with Crippen molar-refractivity contribution in [3.05, 3.63) is 12.1 Å². The van der Waals surface area contributed by atoms with Gasteiger partial charge in [0.1, 0.15) is 0 Å². The zero-order valence-corrected chi connectivity index (χ0v) is 3.19. The van der Waals surface area contributed by atoms with Crippen LogP contribution in [0.25, 0.3) is 0 Å². The quantitative estimate of drug-likeness (QED) is 0.307. The number of halogens is 2. The zero-order valence-electron chi connectivity index (χ0n) is 3.19. The molecular weight excluding hydrogens is 106 g/mol. The van der Waals surface area contributed by atoms with Gasteiger partial charge < -0.3 is 5.11 Å². The van der Waals surface area contributed by atoms with E-state index in [-0.39, 0.29) is 6.08 Å². The Morgan fingerprint density at radius 3 is 2.00 bits per heavy atom. The van der Waals surface area contributed by atoms with E-state index in [0.29, 0.717) is 0 Å². The van der Waals surface area contributed by atoms with E-state index in [0.717, 1.165) is 0 Å². The number of aliphatic hydroxyl groups is 1. The fraction of sp³-hybridized carbons (Fsp3) is 0. The fourth-order valence-corrected chi connectivity index (χ4v) is 0.0936. The maximum absolute atomic E-state index is 10.9. The van der Waals surface area contributed by atoms with Crippen LogP contribution in [0.15, 0.2) is 12.1 Å². The van der Waals surface area contributed by atoms with Crippen molar-refractivity contribution in [3.8, 4) is 0 Å². The van der Waals surface area contributed by atoms with Crippen LogP contribution in [0.2, 0.25) is 0 Å². The molecule has 1 N–H and O–H groups in total. The average molecular weight is 108 g/mol. The Hall–Kier alpha value is -0.930. The van der Waals surface area contributed by atoms with E-state index in [4.69, 9.17) is 9.90 Å². The van der Waals surface area contributed by atoms with Crippen LogP contribution in [0.4, 0.5) is 8.78 Å². The molecule has 0 aromatic rings. The molecule has 0 aromatic heterocycles. The lowest BCUT2D eigenvalue weighted by Gasteiger charge is -1.73. The molecule has 0 spiro atoms. The summed E-state index contributed by atoms with van der Waals surface area (Å²) >= 11 is 0. The number of allylic oxidation sites excluding steroid dienone is 1. The summed E-state index contributed by atoms with van der Waals surface area (Å²) in [6, 6.07) is -3.81. The Morgan fingerprint density at radius 2 is 2.00 bits per heavy atom. The summed E-state index contributed by atoms with van der Waals surface area (Å²) in [5, 5.41) is 7.46. The van der Waals surface area contributed by atoms with E-state index in [2.05, 4.69) is 0 Å². The summed E-state index contributed by atoms with van der Waals surface area (Å²) in [4.78, 5) is 9.11. The first-order chi connectivity index (χ1) is 3.13. The van der Waals surface area contributed by atoms with E-state index in [9.17, 15) is 8.78 Å². The Balaban J connectivity index is 3.68. The van der Waals surface area contributed by atoms with Crippen LogP contribution in [0.3, 0.4) is 0 Å². The molecule has 0 atom stereocenters. The Bertz CT molecular complexity index is 104. The molecule has 0 heterocycles. The molecule has 0 bridgehead atoms. The molecule has 0 radical (unpaired) electrons. The SMILES string of the molecule is O=C(F)/C=C(/O)F. The van der Waals surface area contributed by atoms with Gasteiger partial charge in [0.25, 0.3) is 6.01 Å². The van der Waals surface area contributed by atoms with Crippen molar-refractivity contribution in [1.29, 1.82) is 0 Å². The minimum Gasteiger partial charge on any atom is -0.486 e. The average Bonchev–Trinajstić information content (AvgIpc) is 1.27. The van der Waals surface area contributed by atoms with Gasteiger partial charge in [0.05, 0.1) is 6.08 Å².